The maximum absolute atomic E-state index is 13.2. The van der Waals surface area contributed by atoms with E-state index in [1.54, 1.807) is 0 Å². The SMILES string of the molecule is CC(=O)NC1C(O)OC(CO)C(OC2OC(COC3OC(CO)C(O)C(O)C3OC3OC(CO)C(O[C@H](O)C[C@@H](O)C(O)CO[C@]4(C(=O)O)C[C@@H](O)C(NC(C)=O)C(O)(CO)O4)C(O)C3NC(C)=O)C(O)C(O[C@H]3O[C@@H](CO)C(O)C(O)C3OC3OC(CO)C(OC4OC(CO[C@]5(C(=O)O)C[C@@H](O)C(NC(C)=O)C([C@H](O)[C@H](O)CO)O5)C(O)C(O)C4O)C(O)C3NC(C)=O)C2O)C1O. The Bertz CT molecular complexity index is 3760. The van der Waals surface area contributed by atoms with Crippen molar-refractivity contribution in [2.45, 2.75) is 347 Å². The molecule has 9 aliphatic rings. The van der Waals surface area contributed by atoms with Gasteiger partial charge in [-0.3, -0.25) is 24.0 Å². The van der Waals surface area contributed by atoms with Gasteiger partial charge in [0.15, 0.2) is 50.3 Å². The maximum Gasteiger partial charge on any atom is 0.364 e. The van der Waals surface area contributed by atoms with Crippen LogP contribution >= 0.6 is 0 Å². The van der Waals surface area contributed by atoms with Gasteiger partial charge in [-0.25, -0.2) is 9.59 Å². The summed E-state index contributed by atoms with van der Waals surface area (Å²) < 4.78 is 105. The van der Waals surface area contributed by atoms with Crippen LogP contribution in [0.1, 0.15) is 53.9 Å². The molecule has 0 aromatic heterocycles. The second kappa shape index (κ2) is 47.6. The Morgan fingerprint density at radius 1 is 0.376 bits per heavy atom. The quantitative estimate of drug-likeness (QED) is 0.0253. The highest BCUT2D eigenvalue weighted by atomic mass is 16.8. The minimum atomic E-state index is -3.10. The highest BCUT2D eigenvalue weighted by Gasteiger charge is 2.64. The zero-order valence-electron chi connectivity index (χ0n) is 71.3. The molecule has 9 rings (SSSR count). The Balaban J connectivity index is 0.964. The van der Waals surface area contributed by atoms with Crippen LogP contribution in [-0.2, 0) is 119 Å². The standard InChI is InChI=1S/C73H121N5O55/c1-19(86)74-37-25(92)7-72(69(111)112,132-57(37)41(97)27(94)9-79)118-17-35-44(100)49(105)52(108)65(125-35)127-56-33(14-84)123-64(40(48(56)104)77-22(4)89)131-60-51(107)43(99)30(11-81)121-68(60)129-58-45(101)34(124-66(53(58)109)128-55-31(12-82)119-62(110)38(46(55)102)75-20(2)87)16-116-67-59(50(106)42(98)29(10-80)120-67)130-63-39(76-21(3)88)47(103)54(32(13-83)122-63)126-36(96)6-24(91)28(95)15-117-73(70(113)114)8-26(93)61(78-23(5)90)71(115,18-85)133-73/h24-68,79-85,91-110,115H,6-18H2,1-5H3,(H,74,86)(H,75,87)(H,76,88)(H,77,89)(H,78,90)(H,111,112)(H,113,114)/t24-,25-,26-,27-,28?,29?,30+,31?,32?,33?,34?,35?,36+,37?,38?,39?,40?,41-,42?,43?,44?,45?,46?,47?,48?,49?,50?,51?,52?,53?,54?,55?,56?,57?,58?,59?,60?,61?,62?,63?,64?,65?,66?,67?,68-,71?,72-,73-/m1/s1. The molecule has 35 N–H and O–H groups in total. The van der Waals surface area contributed by atoms with Crippen molar-refractivity contribution in [3.8, 4) is 0 Å². The van der Waals surface area contributed by atoms with Gasteiger partial charge in [0.2, 0.25) is 35.3 Å². The lowest BCUT2D eigenvalue weighted by molar-refractivity contribution is -0.397. The molecule has 48 atom stereocenters. The molecule has 0 spiro atoms. The van der Waals surface area contributed by atoms with Gasteiger partial charge in [0.25, 0.3) is 11.6 Å². The third-order valence-electron chi connectivity index (χ3n) is 23.5. The molecule has 0 bridgehead atoms. The Hall–Kier alpha value is -5.55. The second-order valence-electron chi connectivity index (χ2n) is 33.2. The first kappa shape index (κ1) is 111. The number of carbonyl (C=O) groups is 7. The third-order valence-corrected chi connectivity index (χ3v) is 23.5. The lowest BCUT2D eigenvalue weighted by Crippen LogP contribution is -2.71. The Morgan fingerprint density at radius 3 is 1.29 bits per heavy atom. The highest BCUT2D eigenvalue weighted by molar-refractivity contribution is 5.78. The van der Waals surface area contributed by atoms with Gasteiger partial charge >= 0.3 is 11.9 Å². The number of aliphatic hydroxyl groups is 28. The topological polar surface area (TPSA) is 953 Å². The van der Waals surface area contributed by atoms with Gasteiger partial charge in [0.1, 0.15) is 201 Å². The summed E-state index contributed by atoms with van der Waals surface area (Å²) in [5.41, 5.74) is 0. The molecule has 0 radical (unpaired) electrons. The van der Waals surface area contributed by atoms with Gasteiger partial charge < -0.3 is 265 Å². The van der Waals surface area contributed by atoms with E-state index in [4.69, 9.17) is 85.3 Å². The normalized spacial score (nSPS) is 44.8. The molecule has 9 fully saturated rings. The Morgan fingerprint density at radius 2 is 0.789 bits per heavy atom. The predicted molar refractivity (Wildman–Crippen MR) is 407 cm³/mol. The lowest BCUT2D eigenvalue weighted by atomic mass is 9.88. The number of amides is 5. The molecule has 60 nitrogen and oxygen atoms in total. The molecule has 5 amide bonds. The molecule has 9 aliphatic heterocycles. The van der Waals surface area contributed by atoms with Crippen molar-refractivity contribution in [1.82, 2.24) is 26.6 Å². The van der Waals surface area contributed by atoms with Crippen LogP contribution < -0.4 is 26.6 Å². The van der Waals surface area contributed by atoms with E-state index < -0.39 is 420 Å². The fraction of sp³-hybridized carbons (Fsp3) is 0.904. The van der Waals surface area contributed by atoms with E-state index in [2.05, 4.69) is 26.6 Å². The van der Waals surface area contributed by atoms with Crippen LogP contribution in [0.2, 0.25) is 0 Å². The number of carbonyl (C=O) groups excluding carboxylic acids is 5. The highest BCUT2D eigenvalue weighted by Crippen LogP contribution is 2.42. The van der Waals surface area contributed by atoms with Crippen molar-refractivity contribution in [3.05, 3.63) is 0 Å². The molecule has 0 aromatic carbocycles. The number of hydrogen-bond donors (Lipinski definition) is 35. The minimum Gasteiger partial charge on any atom is -0.477 e. The number of hydrogen-bond acceptors (Lipinski definition) is 53. The lowest BCUT2D eigenvalue weighted by Gasteiger charge is -2.51. The van der Waals surface area contributed by atoms with Crippen molar-refractivity contribution >= 4 is 41.5 Å². The molecule has 0 aliphatic carbocycles. The number of carboxylic acid groups (broad SMARTS) is 2. The van der Waals surface area contributed by atoms with Crippen LogP contribution in [-0.4, -0.2) is 554 Å². The van der Waals surface area contributed by atoms with Crippen LogP contribution in [0.15, 0.2) is 0 Å². The van der Waals surface area contributed by atoms with Crippen LogP contribution in [0.3, 0.4) is 0 Å². The number of nitrogens with one attached hydrogen (secondary N) is 5. The van der Waals surface area contributed by atoms with E-state index in [1.807, 2.05) is 0 Å². The molecule has 133 heavy (non-hydrogen) atoms. The molecule has 768 valence electrons. The van der Waals surface area contributed by atoms with Crippen molar-refractivity contribution < 1.29 is 272 Å². The summed E-state index contributed by atoms with van der Waals surface area (Å²) in [7, 11) is 0. The van der Waals surface area contributed by atoms with Crippen molar-refractivity contribution in [2.75, 3.05) is 66.1 Å². The van der Waals surface area contributed by atoms with Crippen molar-refractivity contribution in [1.29, 1.82) is 0 Å². The monoisotopic (exact) mass is 1950 g/mol. The van der Waals surface area contributed by atoms with Crippen molar-refractivity contribution in [3.63, 3.8) is 0 Å². The molecule has 38 unspecified atom stereocenters. The van der Waals surface area contributed by atoms with Crippen molar-refractivity contribution in [2.24, 2.45) is 0 Å². The Kier molecular flexibility index (Phi) is 39.8. The van der Waals surface area contributed by atoms with E-state index in [0.717, 1.165) is 34.6 Å². The fourth-order valence-electron chi connectivity index (χ4n) is 16.6. The number of aliphatic carboxylic acids is 2. The maximum atomic E-state index is 13.2. The zero-order chi connectivity index (χ0) is 99.0. The summed E-state index contributed by atoms with van der Waals surface area (Å²) >= 11 is 0. The molecule has 9 saturated heterocycles. The van der Waals surface area contributed by atoms with Crippen LogP contribution in [0.4, 0.5) is 0 Å². The number of carboxylic acids is 2. The van der Waals surface area contributed by atoms with Crippen LogP contribution in [0, 0.1) is 0 Å². The average Bonchev–Trinajstić information content (AvgIpc) is 0.747. The van der Waals surface area contributed by atoms with E-state index in [1.165, 1.54) is 0 Å². The van der Waals surface area contributed by atoms with Gasteiger partial charge in [-0.05, 0) is 0 Å². The third kappa shape index (κ3) is 25.4. The van der Waals surface area contributed by atoms with Crippen LogP contribution in [0.25, 0.3) is 0 Å². The van der Waals surface area contributed by atoms with E-state index in [9.17, 15) is 187 Å². The summed E-state index contributed by atoms with van der Waals surface area (Å²) in [5, 5.41) is 345. The first-order valence-corrected chi connectivity index (χ1v) is 41.6. The molecule has 60 heteroatoms. The predicted octanol–water partition coefficient (Wildman–Crippen LogP) is -22.5. The van der Waals surface area contributed by atoms with Gasteiger partial charge in [-0.2, -0.15) is 0 Å². The summed E-state index contributed by atoms with van der Waals surface area (Å²) in [4.78, 5) is 88.0. The van der Waals surface area contributed by atoms with Gasteiger partial charge in [-0.1, -0.05) is 0 Å². The average molecular weight is 1950 g/mol. The number of rotatable bonds is 40. The molecular weight excluding hydrogens is 1830 g/mol. The fourth-order valence-corrected chi connectivity index (χ4v) is 16.6. The largest absolute Gasteiger partial charge is 0.477 e. The summed E-state index contributed by atoms with van der Waals surface area (Å²) in [6.07, 6.45) is -92.4. The summed E-state index contributed by atoms with van der Waals surface area (Å²) in [6, 6.07) is -9.46. The van der Waals surface area contributed by atoms with E-state index >= 15 is 0 Å². The summed E-state index contributed by atoms with van der Waals surface area (Å²) in [5.74, 6) is -18.0. The molecule has 0 aromatic rings. The molecule has 9 heterocycles. The van der Waals surface area contributed by atoms with Crippen LogP contribution in [0.5, 0.6) is 0 Å². The zero-order valence-corrected chi connectivity index (χ0v) is 71.3. The summed E-state index contributed by atoms with van der Waals surface area (Å²) in [6.45, 7) is -7.81. The minimum absolute atomic E-state index is 0.852. The second-order valence-corrected chi connectivity index (χ2v) is 33.2. The first-order valence-electron chi connectivity index (χ1n) is 41.6. The number of ether oxygens (including phenoxy) is 18. The van der Waals surface area contributed by atoms with E-state index in [-0.39, 0.29) is 0 Å². The first-order chi connectivity index (χ1) is 62.4. The van der Waals surface area contributed by atoms with Gasteiger partial charge in [0.05, 0.1) is 90.4 Å². The van der Waals surface area contributed by atoms with E-state index in [0.29, 0.717) is 0 Å². The van der Waals surface area contributed by atoms with Gasteiger partial charge in [0, 0.05) is 53.9 Å². The smallest absolute Gasteiger partial charge is 0.364 e. The molecular formula is C73H121N5O55. The Labute approximate surface area is 751 Å². The number of aliphatic hydroxyl groups excluding tert-OH is 27. The van der Waals surface area contributed by atoms with Gasteiger partial charge in [-0.15, -0.1) is 0 Å². The molecule has 0 saturated carbocycles.